The summed E-state index contributed by atoms with van der Waals surface area (Å²) in [7, 11) is 1.82. The summed E-state index contributed by atoms with van der Waals surface area (Å²) in [5.74, 6) is 0.683. The maximum absolute atomic E-state index is 13.3. The standard InChI is InChI=1S/C19H28FN3O/c1-21-18(23-17-4-2-3-5-17)22-14-19(10-12-24-13-11-19)15-6-8-16(20)9-7-15/h6-9,17H,2-5,10-14H2,1H3,(H2,21,22,23). The van der Waals surface area contributed by atoms with Crippen molar-refractivity contribution in [3.8, 4) is 0 Å². The van der Waals surface area contributed by atoms with Crippen LogP contribution in [0.3, 0.4) is 0 Å². The first-order chi connectivity index (χ1) is 11.7. The van der Waals surface area contributed by atoms with Crippen molar-refractivity contribution in [1.82, 2.24) is 10.6 Å². The molecule has 1 aliphatic heterocycles. The Hall–Kier alpha value is -1.62. The zero-order valence-electron chi connectivity index (χ0n) is 14.5. The molecule has 0 atom stereocenters. The van der Waals surface area contributed by atoms with Crippen molar-refractivity contribution in [2.24, 2.45) is 4.99 Å². The minimum Gasteiger partial charge on any atom is -0.381 e. The lowest BCUT2D eigenvalue weighted by atomic mass is 9.74. The maximum Gasteiger partial charge on any atom is 0.191 e. The molecule has 2 fully saturated rings. The second kappa shape index (κ2) is 7.97. The van der Waals surface area contributed by atoms with Crippen LogP contribution >= 0.6 is 0 Å². The molecular formula is C19H28FN3O. The molecule has 0 spiro atoms. The van der Waals surface area contributed by atoms with Crippen molar-refractivity contribution in [3.63, 3.8) is 0 Å². The second-order valence-corrected chi connectivity index (χ2v) is 6.95. The average molecular weight is 333 g/mol. The third-order valence-electron chi connectivity index (χ3n) is 5.42. The number of hydrogen-bond donors (Lipinski definition) is 2. The smallest absolute Gasteiger partial charge is 0.191 e. The van der Waals surface area contributed by atoms with Crippen LogP contribution in [0.4, 0.5) is 4.39 Å². The van der Waals surface area contributed by atoms with Crippen LogP contribution in [0.25, 0.3) is 0 Å². The fourth-order valence-corrected chi connectivity index (χ4v) is 3.84. The van der Waals surface area contributed by atoms with Crippen LogP contribution in [-0.2, 0) is 10.2 Å². The molecular weight excluding hydrogens is 305 g/mol. The van der Waals surface area contributed by atoms with Crippen LogP contribution in [0.5, 0.6) is 0 Å². The third-order valence-corrected chi connectivity index (χ3v) is 5.42. The zero-order valence-corrected chi connectivity index (χ0v) is 14.5. The Bertz CT molecular complexity index is 546. The minimum atomic E-state index is -0.187. The van der Waals surface area contributed by atoms with E-state index in [4.69, 9.17) is 4.74 Å². The van der Waals surface area contributed by atoms with E-state index in [2.05, 4.69) is 15.6 Å². The minimum absolute atomic E-state index is 0.0285. The normalized spacial score (nSPS) is 21.7. The highest BCUT2D eigenvalue weighted by Gasteiger charge is 2.34. The Labute approximate surface area is 143 Å². The molecule has 0 unspecified atom stereocenters. The lowest BCUT2D eigenvalue weighted by molar-refractivity contribution is 0.0513. The number of rotatable bonds is 4. The summed E-state index contributed by atoms with van der Waals surface area (Å²) in [6, 6.07) is 7.47. The van der Waals surface area contributed by atoms with Gasteiger partial charge in [0.25, 0.3) is 0 Å². The van der Waals surface area contributed by atoms with E-state index in [1.165, 1.54) is 31.2 Å². The highest BCUT2D eigenvalue weighted by Crippen LogP contribution is 2.34. The van der Waals surface area contributed by atoms with Gasteiger partial charge >= 0.3 is 0 Å². The van der Waals surface area contributed by atoms with Gasteiger partial charge in [0.1, 0.15) is 5.82 Å². The summed E-state index contributed by atoms with van der Waals surface area (Å²) in [5, 5.41) is 7.04. The van der Waals surface area contributed by atoms with Crippen molar-refractivity contribution < 1.29 is 9.13 Å². The largest absolute Gasteiger partial charge is 0.381 e. The Kier molecular flexibility index (Phi) is 5.72. The molecule has 2 N–H and O–H groups in total. The van der Waals surface area contributed by atoms with Crippen LogP contribution in [0, 0.1) is 5.82 Å². The fourth-order valence-electron chi connectivity index (χ4n) is 3.84. The molecule has 1 aromatic rings. The molecule has 0 amide bonds. The number of ether oxygens (including phenoxy) is 1. The molecule has 0 radical (unpaired) electrons. The molecule has 3 rings (SSSR count). The van der Waals surface area contributed by atoms with Gasteiger partial charge in [0.15, 0.2) is 5.96 Å². The molecule has 1 saturated carbocycles. The van der Waals surface area contributed by atoms with Crippen molar-refractivity contribution in [3.05, 3.63) is 35.6 Å². The van der Waals surface area contributed by atoms with Crippen LogP contribution in [0.15, 0.2) is 29.3 Å². The molecule has 132 valence electrons. The summed E-state index contributed by atoms with van der Waals surface area (Å²) in [4.78, 5) is 4.38. The van der Waals surface area contributed by atoms with Gasteiger partial charge in [-0.2, -0.15) is 0 Å². The number of halogens is 1. The van der Waals surface area contributed by atoms with Gasteiger partial charge < -0.3 is 15.4 Å². The predicted octanol–water partition coefficient (Wildman–Crippen LogP) is 2.98. The molecule has 0 aromatic heterocycles. The summed E-state index contributed by atoms with van der Waals surface area (Å²) >= 11 is 0. The molecule has 0 bridgehead atoms. The monoisotopic (exact) mass is 333 g/mol. The zero-order chi connectivity index (χ0) is 16.8. The van der Waals surface area contributed by atoms with Crippen LogP contribution in [-0.4, -0.2) is 38.8 Å². The predicted molar refractivity (Wildman–Crippen MR) is 94.9 cm³/mol. The fraction of sp³-hybridized carbons (Fsp3) is 0.632. The molecule has 1 aliphatic carbocycles. The molecule has 5 heteroatoms. The molecule has 2 aliphatic rings. The Morgan fingerprint density at radius 1 is 1.21 bits per heavy atom. The van der Waals surface area contributed by atoms with E-state index in [-0.39, 0.29) is 11.2 Å². The molecule has 4 nitrogen and oxygen atoms in total. The highest BCUT2D eigenvalue weighted by atomic mass is 19.1. The number of nitrogens with zero attached hydrogens (tertiary/aromatic N) is 1. The van der Waals surface area contributed by atoms with Gasteiger partial charge in [-0.25, -0.2) is 4.39 Å². The summed E-state index contributed by atoms with van der Waals surface area (Å²) in [6.45, 7) is 2.27. The number of guanidine groups is 1. The second-order valence-electron chi connectivity index (χ2n) is 6.95. The maximum atomic E-state index is 13.3. The van der Waals surface area contributed by atoms with Crippen molar-refractivity contribution in [1.29, 1.82) is 0 Å². The van der Waals surface area contributed by atoms with E-state index >= 15 is 0 Å². The number of nitrogens with one attached hydrogen (secondary N) is 2. The topological polar surface area (TPSA) is 45.7 Å². The van der Waals surface area contributed by atoms with Gasteiger partial charge in [-0.05, 0) is 43.4 Å². The van der Waals surface area contributed by atoms with Gasteiger partial charge in [0, 0.05) is 38.3 Å². The van der Waals surface area contributed by atoms with Gasteiger partial charge in [0.2, 0.25) is 0 Å². The first-order valence-electron chi connectivity index (χ1n) is 9.03. The summed E-state index contributed by atoms with van der Waals surface area (Å²) in [6.07, 6.45) is 6.91. The van der Waals surface area contributed by atoms with E-state index < -0.39 is 0 Å². The quantitative estimate of drug-likeness (QED) is 0.658. The first-order valence-corrected chi connectivity index (χ1v) is 9.03. The van der Waals surface area contributed by atoms with E-state index in [0.717, 1.165) is 38.6 Å². The van der Waals surface area contributed by atoms with Crippen molar-refractivity contribution in [2.45, 2.75) is 50.0 Å². The first kappa shape index (κ1) is 17.2. The van der Waals surface area contributed by atoms with Gasteiger partial charge in [-0.15, -0.1) is 0 Å². The Balaban J connectivity index is 1.68. The van der Waals surface area contributed by atoms with Crippen molar-refractivity contribution >= 4 is 5.96 Å². The summed E-state index contributed by atoms with van der Waals surface area (Å²) < 4.78 is 18.9. The molecule has 24 heavy (non-hydrogen) atoms. The highest BCUT2D eigenvalue weighted by molar-refractivity contribution is 5.80. The summed E-state index contributed by atoms with van der Waals surface area (Å²) in [5.41, 5.74) is 1.15. The Morgan fingerprint density at radius 3 is 2.50 bits per heavy atom. The SMILES string of the molecule is CN=C(NCC1(c2ccc(F)cc2)CCOCC1)NC1CCCC1. The van der Waals surface area contributed by atoms with E-state index in [1.54, 1.807) is 12.1 Å². The van der Waals surface area contributed by atoms with Crippen LogP contribution < -0.4 is 10.6 Å². The van der Waals surface area contributed by atoms with Crippen LogP contribution in [0.2, 0.25) is 0 Å². The molecule has 1 saturated heterocycles. The lowest BCUT2D eigenvalue weighted by Crippen LogP contribution is -2.49. The number of hydrogen-bond acceptors (Lipinski definition) is 2. The average Bonchev–Trinajstić information content (AvgIpc) is 3.13. The van der Waals surface area contributed by atoms with E-state index in [0.29, 0.717) is 6.04 Å². The third kappa shape index (κ3) is 4.07. The molecule has 1 aromatic carbocycles. The number of benzene rings is 1. The van der Waals surface area contributed by atoms with Gasteiger partial charge in [0.05, 0.1) is 0 Å². The van der Waals surface area contributed by atoms with Gasteiger partial charge in [-0.1, -0.05) is 25.0 Å². The van der Waals surface area contributed by atoms with Crippen LogP contribution in [0.1, 0.15) is 44.1 Å². The lowest BCUT2D eigenvalue weighted by Gasteiger charge is -2.38. The van der Waals surface area contributed by atoms with E-state index in [1.807, 2.05) is 19.2 Å². The molecule has 1 heterocycles. The van der Waals surface area contributed by atoms with Crippen molar-refractivity contribution in [2.75, 3.05) is 26.8 Å². The Morgan fingerprint density at radius 2 is 1.88 bits per heavy atom. The van der Waals surface area contributed by atoms with E-state index in [9.17, 15) is 4.39 Å². The number of aliphatic imine (C=N–C) groups is 1. The van der Waals surface area contributed by atoms with Gasteiger partial charge in [-0.3, -0.25) is 4.99 Å².